The highest BCUT2D eigenvalue weighted by atomic mass is 32.1. The fourth-order valence-corrected chi connectivity index (χ4v) is 3.12. The first kappa shape index (κ1) is 13.6. The Kier molecular flexibility index (Phi) is 4.78. The molecule has 1 aromatic rings. The van der Waals surface area contributed by atoms with Crippen molar-refractivity contribution in [1.29, 1.82) is 0 Å². The number of hydrogen-bond donors (Lipinski definition) is 2. The maximum Gasteiger partial charge on any atom is 0.308 e. The van der Waals surface area contributed by atoms with Crippen molar-refractivity contribution >= 4 is 17.3 Å². The summed E-state index contributed by atoms with van der Waals surface area (Å²) in [6.07, 6.45) is 5.41. The van der Waals surface area contributed by atoms with E-state index in [0.29, 0.717) is 6.04 Å². The highest BCUT2D eigenvalue weighted by Crippen LogP contribution is 2.34. The molecule has 1 heterocycles. The van der Waals surface area contributed by atoms with Crippen LogP contribution in [-0.4, -0.2) is 17.1 Å². The third-order valence-corrected chi connectivity index (χ3v) is 4.50. The van der Waals surface area contributed by atoms with Gasteiger partial charge in [-0.15, -0.1) is 11.3 Å². The molecule has 100 valence electrons. The van der Waals surface area contributed by atoms with Gasteiger partial charge in [0.2, 0.25) is 0 Å². The molecule has 0 amide bonds. The molecule has 0 spiro atoms. The zero-order valence-electron chi connectivity index (χ0n) is 10.8. The molecular formula is C14H21NO2S. The van der Waals surface area contributed by atoms with Crippen molar-refractivity contribution in [3.05, 3.63) is 21.9 Å². The zero-order valence-corrected chi connectivity index (χ0v) is 11.6. The molecule has 0 aromatic carbocycles. The first-order valence-corrected chi connectivity index (χ1v) is 7.51. The van der Waals surface area contributed by atoms with Gasteiger partial charge in [-0.3, -0.25) is 4.79 Å². The minimum absolute atomic E-state index is 0.143. The fraction of sp³-hybridized carbons (Fsp3) is 0.643. The van der Waals surface area contributed by atoms with E-state index in [-0.39, 0.29) is 6.42 Å². The van der Waals surface area contributed by atoms with Crippen molar-refractivity contribution in [1.82, 2.24) is 5.32 Å². The smallest absolute Gasteiger partial charge is 0.308 e. The normalized spacial score (nSPS) is 16.7. The van der Waals surface area contributed by atoms with E-state index in [1.54, 1.807) is 11.3 Å². The minimum atomic E-state index is -0.753. The summed E-state index contributed by atoms with van der Waals surface area (Å²) in [5, 5.41) is 12.3. The van der Waals surface area contributed by atoms with Crippen LogP contribution in [-0.2, 0) is 17.8 Å². The van der Waals surface area contributed by atoms with Gasteiger partial charge in [0.25, 0.3) is 0 Å². The Balaban J connectivity index is 1.77. The molecule has 4 heteroatoms. The second-order valence-electron chi connectivity index (χ2n) is 5.10. The van der Waals surface area contributed by atoms with Crippen molar-refractivity contribution in [2.24, 2.45) is 5.92 Å². The molecule has 0 bridgehead atoms. The highest BCUT2D eigenvalue weighted by Gasteiger charge is 2.24. The van der Waals surface area contributed by atoms with Gasteiger partial charge in [-0.1, -0.05) is 19.8 Å². The number of aliphatic carboxylic acids is 1. The van der Waals surface area contributed by atoms with Crippen molar-refractivity contribution in [2.45, 2.75) is 51.6 Å². The Labute approximate surface area is 112 Å². The molecule has 18 heavy (non-hydrogen) atoms. The van der Waals surface area contributed by atoms with Crippen LogP contribution in [0.25, 0.3) is 0 Å². The van der Waals surface area contributed by atoms with Crippen LogP contribution in [0.5, 0.6) is 0 Å². The topological polar surface area (TPSA) is 49.3 Å². The van der Waals surface area contributed by atoms with E-state index in [1.165, 1.54) is 30.6 Å². The largest absolute Gasteiger partial charge is 0.481 e. The van der Waals surface area contributed by atoms with Gasteiger partial charge in [-0.2, -0.15) is 0 Å². The standard InChI is InChI=1S/C14H21NO2S/c1-2-11(7-10-3-4-10)15-9-13-6-5-12(18-13)8-14(16)17/h5-6,10-11,15H,2-4,7-9H2,1H3,(H,16,17). The SMILES string of the molecule is CCC(CC1CC1)NCc1ccc(CC(=O)O)s1. The second-order valence-corrected chi connectivity index (χ2v) is 6.36. The molecule has 1 aliphatic carbocycles. The lowest BCUT2D eigenvalue weighted by Crippen LogP contribution is -2.28. The molecule has 2 rings (SSSR count). The average molecular weight is 267 g/mol. The monoisotopic (exact) mass is 267 g/mol. The summed E-state index contributed by atoms with van der Waals surface area (Å²) in [6, 6.07) is 4.58. The lowest BCUT2D eigenvalue weighted by Gasteiger charge is -2.15. The van der Waals surface area contributed by atoms with Crippen LogP contribution in [0.4, 0.5) is 0 Å². The molecule has 1 saturated carbocycles. The lowest BCUT2D eigenvalue weighted by molar-refractivity contribution is -0.136. The summed E-state index contributed by atoms with van der Waals surface area (Å²) in [7, 11) is 0. The van der Waals surface area contributed by atoms with Gasteiger partial charge in [-0.25, -0.2) is 0 Å². The number of carboxylic acids is 1. The van der Waals surface area contributed by atoms with Gasteiger partial charge < -0.3 is 10.4 Å². The lowest BCUT2D eigenvalue weighted by atomic mass is 10.1. The second kappa shape index (κ2) is 6.34. The summed E-state index contributed by atoms with van der Waals surface area (Å²) >= 11 is 1.60. The number of nitrogens with one attached hydrogen (secondary N) is 1. The van der Waals surface area contributed by atoms with Gasteiger partial charge in [0.15, 0.2) is 0 Å². The predicted molar refractivity (Wildman–Crippen MR) is 73.9 cm³/mol. The summed E-state index contributed by atoms with van der Waals surface area (Å²) in [5.41, 5.74) is 0. The van der Waals surface area contributed by atoms with E-state index >= 15 is 0 Å². The van der Waals surface area contributed by atoms with E-state index in [2.05, 4.69) is 12.2 Å². The fourth-order valence-electron chi connectivity index (χ4n) is 2.16. The summed E-state index contributed by atoms with van der Waals surface area (Å²) in [5.74, 6) is 0.199. The summed E-state index contributed by atoms with van der Waals surface area (Å²) in [6.45, 7) is 3.10. The van der Waals surface area contributed by atoms with Crippen molar-refractivity contribution < 1.29 is 9.90 Å². The number of thiophene rings is 1. The number of carbonyl (C=O) groups is 1. The van der Waals surface area contributed by atoms with Crippen molar-refractivity contribution in [2.75, 3.05) is 0 Å². The summed E-state index contributed by atoms with van der Waals surface area (Å²) < 4.78 is 0. The van der Waals surface area contributed by atoms with E-state index in [1.807, 2.05) is 12.1 Å². The molecule has 1 aromatic heterocycles. The Morgan fingerprint density at radius 1 is 1.50 bits per heavy atom. The van der Waals surface area contributed by atoms with Gasteiger partial charge in [0.05, 0.1) is 6.42 Å². The molecule has 3 nitrogen and oxygen atoms in total. The van der Waals surface area contributed by atoms with Gasteiger partial charge in [0.1, 0.15) is 0 Å². The maximum absolute atomic E-state index is 10.6. The predicted octanol–water partition coefficient (Wildman–Crippen LogP) is 3.04. The Bertz CT molecular complexity index is 398. The van der Waals surface area contributed by atoms with Crippen LogP contribution in [0.2, 0.25) is 0 Å². The number of rotatable bonds is 8. The molecule has 1 aliphatic rings. The number of carboxylic acid groups (broad SMARTS) is 1. The van der Waals surface area contributed by atoms with E-state index in [4.69, 9.17) is 5.11 Å². The van der Waals surface area contributed by atoms with Crippen LogP contribution in [0.15, 0.2) is 12.1 Å². The van der Waals surface area contributed by atoms with E-state index in [9.17, 15) is 4.79 Å². The van der Waals surface area contributed by atoms with E-state index < -0.39 is 5.97 Å². The van der Waals surface area contributed by atoms with Gasteiger partial charge in [0, 0.05) is 22.3 Å². The third-order valence-electron chi connectivity index (χ3n) is 3.42. The van der Waals surface area contributed by atoms with Crippen LogP contribution < -0.4 is 5.32 Å². The van der Waals surface area contributed by atoms with Crippen molar-refractivity contribution in [3.8, 4) is 0 Å². The van der Waals surface area contributed by atoms with Crippen LogP contribution in [0, 0.1) is 5.92 Å². The third kappa shape index (κ3) is 4.42. The zero-order chi connectivity index (χ0) is 13.0. The molecular weight excluding hydrogens is 246 g/mol. The molecule has 0 saturated heterocycles. The van der Waals surface area contributed by atoms with Crippen LogP contribution in [0.3, 0.4) is 0 Å². The molecule has 0 radical (unpaired) electrons. The Morgan fingerprint density at radius 2 is 2.22 bits per heavy atom. The first-order valence-electron chi connectivity index (χ1n) is 6.70. The molecule has 1 atom stereocenters. The van der Waals surface area contributed by atoms with Gasteiger partial charge >= 0.3 is 5.97 Å². The van der Waals surface area contributed by atoms with Gasteiger partial charge in [-0.05, 0) is 30.9 Å². The Hall–Kier alpha value is -0.870. The van der Waals surface area contributed by atoms with E-state index in [0.717, 1.165) is 17.3 Å². The molecule has 0 aliphatic heterocycles. The van der Waals surface area contributed by atoms with Crippen molar-refractivity contribution in [3.63, 3.8) is 0 Å². The molecule has 1 fully saturated rings. The molecule has 1 unspecified atom stereocenters. The summed E-state index contributed by atoms with van der Waals surface area (Å²) in [4.78, 5) is 12.8. The Morgan fingerprint density at radius 3 is 2.83 bits per heavy atom. The highest BCUT2D eigenvalue weighted by molar-refractivity contribution is 7.12. The first-order chi connectivity index (χ1) is 8.67. The quantitative estimate of drug-likeness (QED) is 0.761. The average Bonchev–Trinajstić information content (AvgIpc) is 3.04. The maximum atomic E-state index is 10.6. The van der Waals surface area contributed by atoms with Crippen LogP contribution in [0.1, 0.15) is 42.4 Å². The minimum Gasteiger partial charge on any atom is -0.481 e. The number of hydrogen-bond acceptors (Lipinski definition) is 3. The van der Waals surface area contributed by atoms with Crippen LogP contribution >= 0.6 is 11.3 Å². The molecule has 2 N–H and O–H groups in total.